The number of benzene rings is 1. The number of esters is 1. The van der Waals surface area contributed by atoms with E-state index in [4.69, 9.17) is 4.74 Å². The number of aliphatic hydroxyl groups is 2. The summed E-state index contributed by atoms with van der Waals surface area (Å²) in [6.07, 6.45) is 8.59. The van der Waals surface area contributed by atoms with Crippen LogP contribution in [0.5, 0.6) is 0 Å². The van der Waals surface area contributed by atoms with Gasteiger partial charge in [-0.3, -0.25) is 4.79 Å². The molecule has 1 amide bonds. The highest BCUT2D eigenvalue weighted by atomic mass is 16.6. The molecule has 2 heterocycles. The number of ether oxygens (including phenoxy) is 1. The van der Waals surface area contributed by atoms with Gasteiger partial charge in [-0.05, 0) is 43.7 Å². The lowest BCUT2D eigenvalue weighted by molar-refractivity contribution is -0.167. The Morgan fingerprint density at radius 1 is 1.09 bits per heavy atom. The predicted molar refractivity (Wildman–Crippen MR) is 134 cm³/mol. The molecule has 3 N–H and O–H groups in total. The Hall–Kier alpha value is -2.70. The zero-order chi connectivity index (χ0) is 25.2. The first-order valence-corrected chi connectivity index (χ1v) is 12.7. The summed E-state index contributed by atoms with van der Waals surface area (Å²) in [4.78, 5) is 26.8. The summed E-state index contributed by atoms with van der Waals surface area (Å²) in [6, 6.07) is 9.54. The van der Waals surface area contributed by atoms with Gasteiger partial charge in [-0.15, -0.1) is 0 Å². The number of rotatable bonds is 2. The third kappa shape index (κ3) is 5.00. The maximum absolute atomic E-state index is 13.7. The Kier molecular flexibility index (Phi) is 7.62. The molecule has 0 aromatic heterocycles. The van der Waals surface area contributed by atoms with E-state index in [-0.39, 0.29) is 12.0 Å². The molecule has 6 nitrogen and oxygen atoms in total. The fourth-order valence-electron chi connectivity index (χ4n) is 5.82. The lowest BCUT2D eigenvalue weighted by Crippen LogP contribution is -2.57. The van der Waals surface area contributed by atoms with Gasteiger partial charge in [0.2, 0.25) is 5.60 Å². The standard InChI is InChI=1S/C29H37NO5/c1-18-9-7-13-22(31)15-16-25(32)35-29-23(14-8-10-18)27(33)20(3)19(2)26(29)24(30-28(29)34)17-21-11-5-4-6-12-21/h4-6,8,11-12,14-16,18,20,22-24,27,31,33H,7,9-10,13,17H2,1-3H3,(H,30,34). The molecular formula is C29H37NO5. The monoisotopic (exact) mass is 479 g/mol. The smallest absolute Gasteiger partial charge is 0.331 e. The van der Waals surface area contributed by atoms with Crippen LogP contribution in [0.25, 0.3) is 0 Å². The highest BCUT2D eigenvalue weighted by molar-refractivity contribution is 5.98. The Morgan fingerprint density at radius 2 is 1.83 bits per heavy atom. The Balaban J connectivity index is 1.81. The van der Waals surface area contributed by atoms with Crippen molar-refractivity contribution in [3.63, 3.8) is 0 Å². The third-order valence-electron chi connectivity index (χ3n) is 7.93. The number of carbonyl (C=O) groups excluding carboxylic acids is 2. The second-order valence-electron chi connectivity index (χ2n) is 10.4. The lowest BCUT2D eigenvalue weighted by Gasteiger charge is -2.44. The first-order chi connectivity index (χ1) is 16.7. The summed E-state index contributed by atoms with van der Waals surface area (Å²) in [6.45, 7) is 6.03. The number of amides is 1. The van der Waals surface area contributed by atoms with Crippen molar-refractivity contribution in [1.82, 2.24) is 5.32 Å². The summed E-state index contributed by atoms with van der Waals surface area (Å²) < 4.78 is 6.04. The molecule has 0 bridgehead atoms. The molecule has 188 valence electrons. The van der Waals surface area contributed by atoms with Crippen molar-refractivity contribution in [3.8, 4) is 0 Å². The molecule has 1 aromatic rings. The van der Waals surface area contributed by atoms with Gasteiger partial charge in [0.15, 0.2) is 0 Å². The first kappa shape index (κ1) is 25.4. The van der Waals surface area contributed by atoms with Crippen LogP contribution < -0.4 is 5.32 Å². The van der Waals surface area contributed by atoms with Crippen molar-refractivity contribution in [2.45, 2.75) is 76.7 Å². The van der Waals surface area contributed by atoms with Crippen molar-refractivity contribution < 1.29 is 24.5 Å². The molecule has 1 saturated heterocycles. The second-order valence-corrected chi connectivity index (χ2v) is 10.4. The molecule has 2 aliphatic heterocycles. The van der Waals surface area contributed by atoms with Crippen LogP contribution in [0, 0.1) is 17.8 Å². The van der Waals surface area contributed by atoms with Gasteiger partial charge in [0.05, 0.1) is 24.2 Å². The van der Waals surface area contributed by atoms with Crippen molar-refractivity contribution in [2.24, 2.45) is 17.8 Å². The zero-order valence-corrected chi connectivity index (χ0v) is 20.8. The predicted octanol–water partition coefficient (Wildman–Crippen LogP) is 3.64. The normalized spacial score (nSPS) is 36.1. The fourth-order valence-corrected chi connectivity index (χ4v) is 5.82. The molecule has 4 rings (SSSR count). The molecule has 7 unspecified atom stereocenters. The number of carbonyl (C=O) groups is 2. The quantitative estimate of drug-likeness (QED) is 0.445. The minimum absolute atomic E-state index is 0.203. The average Bonchev–Trinajstić information content (AvgIpc) is 3.09. The van der Waals surface area contributed by atoms with E-state index in [1.807, 2.05) is 56.3 Å². The molecule has 6 heteroatoms. The molecular weight excluding hydrogens is 442 g/mol. The topological polar surface area (TPSA) is 95.9 Å². The van der Waals surface area contributed by atoms with Crippen molar-refractivity contribution in [3.05, 3.63) is 71.3 Å². The van der Waals surface area contributed by atoms with E-state index >= 15 is 0 Å². The van der Waals surface area contributed by atoms with Crippen molar-refractivity contribution >= 4 is 11.9 Å². The number of hydrogen-bond donors (Lipinski definition) is 3. The molecule has 0 radical (unpaired) electrons. The van der Waals surface area contributed by atoms with Gasteiger partial charge >= 0.3 is 5.97 Å². The maximum Gasteiger partial charge on any atom is 0.331 e. The number of allylic oxidation sites excluding steroid dienone is 1. The fraction of sp³-hybridized carbons (Fsp3) is 0.517. The summed E-state index contributed by atoms with van der Waals surface area (Å²) in [5, 5.41) is 24.7. The summed E-state index contributed by atoms with van der Waals surface area (Å²) in [7, 11) is 0. The molecule has 1 aliphatic carbocycles. The van der Waals surface area contributed by atoms with Crippen LogP contribution in [0.15, 0.2) is 65.8 Å². The highest BCUT2D eigenvalue weighted by Crippen LogP contribution is 2.49. The van der Waals surface area contributed by atoms with Gasteiger partial charge in [0, 0.05) is 17.6 Å². The van der Waals surface area contributed by atoms with Gasteiger partial charge < -0.3 is 20.3 Å². The Morgan fingerprint density at radius 3 is 2.57 bits per heavy atom. The zero-order valence-electron chi connectivity index (χ0n) is 20.8. The summed E-state index contributed by atoms with van der Waals surface area (Å²) in [5.74, 6) is -1.63. The van der Waals surface area contributed by atoms with Crippen LogP contribution in [-0.4, -0.2) is 45.9 Å². The highest BCUT2D eigenvalue weighted by Gasteiger charge is 2.63. The van der Waals surface area contributed by atoms with Crippen LogP contribution >= 0.6 is 0 Å². The van der Waals surface area contributed by atoms with Crippen LogP contribution in [0.1, 0.15) is 52.0 Å². The van der Waals surface area contributed by atoms with Gasteiger partial charge in [0.1, 0.15) is 0 Å². The van der Waals surface area contributed by atoms with E-state index in [0.29, 0.717) is 18.8 Å². The molecule has 3 aliphatic rings. The Bertz CT molecular complexity index is 1030. The number of hydrogen-bond acceptors (Lipinski definition) is 5. The van der Waals surface area contributed by atoms with Gasteiger partial charge in [0.25, 0.3) is 5.91 Å². The van der Waals surface area contributed by atoms with E-state index in [1.54, 1.807) is 0 Å². The van der Waals surface area contributed by atoms with Crippen LogP contribution in [0.3, 0.4) is 0 Å². The molecule has 7 atom stereocenters. The first-order valence-electron chi connectivity index (χ1n) is 12.7. The van der Waals surface area contributed by atoms with Gasteiger partial charge in [-0.25, -0.2) is 4.79 Å². The van der Waals surface area contributed by atoms with E-state index in [1.165, 1.54) is 12.2 Å². The van der Waals surface area contributed by atoms with Crippen molar-refractivity contribution in [2.75, 3.05) is 0 Å². The van der Waals surface area contributed by atoms with Gasteiger partial charge in [-0.1, -0.05) is 74.7 Å². The van der Waals surface area contributed by atoms with Crippen molar-refractivity contribution in [1.29, 1.82) is 0 Å². The van der Waals surface area contributed by atoms with Crippen LogP contribution in [-0.2, 0) is 20.7 Å². The molecule has 1 spiro atoms. The summed E-state index contributed by atoms with van der Waals surface area (Å²) >= 11 is 0. The van der Waals surface area contributed by atoms with E-state index in [9.17, 15) is 19.8 Å². The minimum atomic E-state index is -1.63. The molecule has 1 aromatic carbocycles. The SMILES string of the molecule is CC1=C2C(Cc3ccccc3)NC(=O)C23OC(=O)C=CC(O)CCCC(C)CC=CC3C(O)C1C. The second kappa shape index (κ2) is 10.5. The van der Waals surface area contributed by atoms with Crippen LogP contribution in [0.2, 0.25) is 0 Å². The average molecular weight is 480 g/mol. The minimum Gasteiger partial charge on any atom is -0.440 e. The molecule has 35 heavy (non-hydrogen) atoms. The molecule has 0 saturated carbocycles. The van der Waals surface area contributed by atoms with E-state index in [2.05, 4.69) is 12.2 Å². The number of nitrogens with one attached hydrogen (secondary N) is 1. The summed E-state index contributed by atoms with van der Waals surface area (Å²) in [5.41, 5.74) is 1.03. The van der Waals surface area contributed by atoms with E-state index in [0.717, 1.165) is 36.0 Å². The largest absolute Gasteiger partial charge is 0.440 e. The lowest BCUT2D eigenvalue weighted by atomic mass is 9.65. The Labute approximate surface area is 207 Å². The third-order valence-corrected chi connectivity index (χ3v) is 7.93. The molecule has 1 fully saturated rings. The maximum atomic E-state index is 13.7. The van der Waals surface area contributed by atoms with Crippen LogP contribution in [0.4, 0.5) is 0 Å². The van der Waals surface area contributed by atoms with Gasteiger partial charge in [-0.2, -0.15) is 0 Å². The van der Waals surface area contributed by atoms with E-state index < -0.39 is 35.6 Å². The number of aliphatic hydroxyl groups excluding tert-OH is 2.